The molecular weight excluding hydrogens is 344 g/mol. The minimum absolute atomic E-state index is 0.0937. The summed E-state index contributed by atoms with van der Waals surface area (Å²) in [6, 6.07) is 11.0. The Kier molecular flexibility index (Phi) is 4.78. The molecule has 0 spiro atoms. The van der Waals surface area contributed by atoms with Gasteiger partial charge in [-0.1, -0.05) is 18.2 Å². The van der Waals surface area contributed by atoms with E-state index in [1.54, 1.807) is 23.4 Å². The molecule has 138 valence electrons. The van der Waals surface area contributed by atoms with Crippen molar-refractivity contribution in [1.29, 1.82) is 0 Å². The Balaban J connectivity index is 1.44. The van der Waals surface area contributed by atoms with Gasteiger partial charge in [-0.15, -0.1) is 0 Å². The van der Waals surface area contributed by atoms with Crippen molar-refractivity contribution in [2.45, 2.75) is 12.8 Å². The number of carbonyl (C=O) groups excluding carboxylic acids is 2. The lowest BCUT2D eigenvalue weighted by Crippen LogP contribution is -2.52. The maximum Gasteiger partial charge on any atom is 0.270 e. The number of nitrogens with zero attached hydrogens (tertiary/aromatic N) is 6. The first-order valence-corrected chi connectivity index (χ1v) is 8.99. The maximum atomic E-state index is 12.9. The quantitative estimate of drug-likeness (QED) is 0.820. The van der Waals surface area contributed by atoms with Crippen molar-refractivity contribution in [2.75, 3.05) is 36.1 Å². The number of amides is 2. The third-order valence-electron chi connectivity index (χ3n) is 4.68. The summed E-state index contributed by atoms with van der Waals surface area (Å²) in [6.45, 7) is 2.50. The highest BCUT2D eigenvalue weighted by atomic mass is 16.2. The van der Waals surface area contributed by atoms with Gasteiger partial charge in [0.1, 0.15) is 5.71 Å². The van der Waals surface area contributed by atoms with Crippen LogP contribution in [-0.2, 0) is 9.59 Å². The normalized spacial score (nSPS) is 17.7. The van der Waals surface area contributed by atoms with Gasteiger partial charge in [0.25, 0.3) is 5.91 Å². The molecule has 1 fully saturated rings. The molecule has 0 N–H and O–H groups in total. The van der Waals surface area contributed by atoms with Gasteiger partial charge in [0.05, 0.1) is 5.69 Å². The number of hydrogen-bond donors (Lipinski definition) is 0. The third-order valence-corrected chi connectivity index (χ3v) is 4.68. The zero-order valence-corrected chi connectivity index (χ0v) is 14.9. The van der Waals surface area contributed by atoms with Crippen LogP contribution in [0.4, 0.5) is 11.6 Å². The number of para-hydroxylation sites is 1. The highest BCUT2D eigenvalue weighted by Crippen LogP contribution is 2.20. The van der Waals surface area contributed by atoms with Crippen molar-refractivity contribution in [3.8, 4) is 0 Å². The Bertz CT molecular complexity index is 847. The molecule has 2 aliphatic heterocycles. The van der Waals surface area contributed by atoms with E-state index in [2.05, 4.69) is 20.0 Å². The Hall–Kier alpha value is -3.29. The fraction of sp³-hybridized carbons (Fsp3) is 0.316. The van der Waals surface area contributed by atoms with Gasteiger partial charge in [-0.25, -0.2) is 15.0 Å². The zero-order valence-electron chi connectivity index (χ0n) is 14.9. The van der Waals surface area contributed by atoms with E-state index in [0.29, 0.717) is 49.9 Å². The van der Waals surface area contributed by atoms with Gasteiger partial charge in [-0.2, -0.15) is 5.10 Å². The molecule has 1 saturated heterocycles. The molecule has 27 heavy (non-hydrogen) atoms. The lowest BCUT2D eigenvalue weighted by atomic mass is 10.1. The summed E-state index contributed by atoms with van der Waals surface area (Å²) in [4.78, 5) is 37.5. The summed E-state index contributed by atoms with van der Waals surface area (Å²) < 4.78 is 0. The van der Waals surface area contributed by atoms with Crippen molar-refractivity contribution in [3.63, 3.8) is 0 Å². The smallest absolute Gasteiger partial charge is 0.270 e. The Labute approximate surface area is 157 Å². The molecule has 8 heteroatoms. The van der Waals surface area contributed by atoms with Crippen molar-refractivity contribution in [2.24, 2.45) is 5.10 Å². The van der Waals surface area contributed by atoms with E-state index in [-0.39, 0.29) is 18.2 Å². The van der Waals surface area contributed by atoms with Gasteiger partial charge >= 0.3 is 0 Å². The van der Waals surface area contributed by atoms with Gasteiger partial charge in [-0.05, 0) is 18.2 Å². The molecule has 1 aromatic carbocycles. The molecule has 0 atom stereocenters. The largest absolute Gasteiger partial charge is 0.337 e. The predicted octanol–water partition coefficient (Wildman–Crippen LogP) is 1.31. The fourth-order valence-electron chi connectivity index (χ4n) is 3.22. The molecule has 0 saturated carbocycles. The standard InChI is InChI=1S/C19H20N6O2/c26-17-8-7-16(22-25(17)15-5-2-1-3-6-15)18(27)23-11-13-24(14-12-23)19-20-9-4-10-21-19/h1-6,9-10H,7-8,11-14H2. The monoisotopic (exact) mass is 364 g/mol. The van der Waals surface area contributed by atoms with E-state index in [9.17, 15) is 9.59 Å². The number of carbonyl (C=O) groups is 2. The van der Waals surface area contributed by atoms with Crippen LogP contribution in [0.25, 0.3) is 0 Å². The minimum atomic E-state index is -0.0999. The second-order valence-corrected chi connectivity index (χ2v) is 6.42. The van der Waals surface area contributed by atoms with Crippen molar-refractivity contribution in [3.05, 3.63) is 48.8 Å². The van der Waals surface area contributed by atoms with E-state index >= 15 is 0 Å². The lowest BCUT2D eigenvalue weighted by Gasteiger charge is -2.35. The van der Waals surface area contributed by atoms with Crippen LogP contribution in [0.5, 0.6) is 0 Å². The number of aromatic nitrogens is 2. The van der Waals surface area contributed by atoms with Gasteiger partial charge in [0.15, 0.2) is 0 Å². The van der Waals surface area contributed by atoms with Gasteiger partial charge in [0, 0.05) is 51.4 Å². The topological polar surface area (TPSA) is 82.0 Å². The maximum absolute atomic E-state index is 12.9. The number of anilines is 2. The van der Waals surface area contributed by atoms with Gasteiger partial charge in [0.2, 0.25) is 11.9 Å². The predicted molar refractivity (Wildman–Crippen MR) is 101 cm³/mol. The first-order chi connectivity index (χ1) is 13.2. The number of benzene rings is 1. The molecule has 0 radical (unpaired) electrons. The summed E-state index contributed by atoms with van der Waals surface area (Å²) in [5.41, 5.74) is 1.11. The molecule has 3 heterocycles. The van der Waals surface area contributed by atoms with Gasteiger partial charge in [-0.3, -0.25) is 9.59 Å². The Morgan fingerprint density at radius 1 is 0.889 bits per heavy atom. The van der Waals surface area contributed by atoms with Crippen molar-refractivity contribution < 1.29 is 9.59 Å². The summed E-state index contributed by atoms with van der Waals surface area (Å²) in [6.07, 6.45) is 4.10. The molecule has 4 rings (SSSR count). The Morgan fingerprint density at radius 3 is 2.30 bits per heavy atom. The van der Waals surface area contributed by atoms with Crippen LogP contribution in [0, 0.1) is 0 Å². The highest BCUT2D eigenvalue weighted by Gasteiger charge is 2.30. The van der Waals surface area contributed by atoms with Crippen LogP contribution in [0.15, 0.2) is 53.9 Å². The van der Waals surface area contributed by atoms with Crippen LogP contribution >= 0.6 is 0 Å². The first-order valence-electron chi connectivity index (χ1n) is 8.99. The zero-order chi connectivity index (χ0) is 18.6. The van der Waals surface area contributed by atoms with Crippen LogP contribution in [0.3, 0.4) is 0 Å². The summed E-state index contributed by atoms with van der Waals surface area (Å²) >= 11 is 0. The number of piperazine rings is 1. The summed E-state index contributed by atoms with van der Waals surface area (Å²) in [5.74, 6) is 0.487. The second-order valence-electron chi connectivity index (χ2n) is 6.42. The first kappa shape index (κ1) is 17.1. The Morgan fingerprint density at radius 2 is 1.59 bits per heavy atom. The molecule has 0 unspecified atom stereocenters. The summed E-state index contributed by atoms with van der Waals surface area (Å²) in [7, 11) is 0. The lowest BCUT2D eigenvalue weighted by molar-refractivity contribution is -0.124. The number of rotatable bonds is 3. The molecular formula is C19H20N6O2. The minimum Gasteiger partial charge on any atom is -0.337 e. The van der Waals surface area contributed by atoms with Crippen LogP contribution < -0.4 is 9.91 Å². The molecule has 0 aliphatic carbocycles. The van der Waals surface area contributed by atoms with Crippen molar-refractivity contribution >= 4 is 29.2 Å². The van der Waals surface area contributed by atoms with Crippen LogP contribution in [0.1, 0.15) is 12.8 Å². The molecule has 0 bridgehead atoms. The van der Waals surface area contributed by atoms with E-state index in [1.165, 1.54) is 5.01 Å². The van der Waals surface area contributed by atoms with Crippen LogP contribution in [0.2, 0.25) is 0 Å². The molecule has 2 amide bonds. The second kappa shape index (κ2) is 7.53. The van der Waals surface area contributed by atoms with E-state index in [0.717, 1.165) is 0 Å². The highest BCUT2D eigenvalue weighted by molar-refractivity contribution is 6.40. The summed E-state index contributed by atoms with van der Waals surface area (Å²) in [5, 5.41) is 5.69. The fourth-order valence-corrected chi connectivity index (χ4v) is 3.22. The van der Waals surface area contributed by atoms with Gasteiger partial charge < -0.3 is 9.80 Å². The molecule has 1 aromatic heterocycles. The average Bonchev–Trinajstić information content (AvgIpc) is 2.75. The van der Waals surface area contributed by atoms with E-state index in [4.69, 9.17) is 0 Å². The van der Waals surface area contributed by atoms with E-state index in [1.807, 2.05) is 30.3 Å². The molecule has 8 nitrogen and oxygen atoms in total. The molecule has 2 aromatic rings. The SMILES string of the molecule is O=C(C1=NN(c2ccccc2)C(=O)CC1)N1CCN(c2ncccn2)CC1. The third kappa shape index (κ3) is 3.64. The molecule has 2 aliphatic rings. The number of hydrazone groups is 1. The average molecular weight is 364 g/mol. The number of hydrogen-bond acceptors (Lipinski definition) is 6. The van der Waals surface area contributed by atoms with E-state index < -0.39 is 0 Å². The van der Waals surface area contributed by atoms with Crippen molar-refractivity contribution in [1.82, 2.24) is 14.9 Å². The van der Waals surface area contributed by atoms with Crippen LogP contribution in [-0.4, -0.2) is 58.6 Å².